The molecular weight excluding hydrogens is 304 g/mol. The molecule has 0 radical (unpaired) electrons. The average Bonchev–Trinajstić information content (AvgIpc) is 1.88. The first-order valence-electron chi connectivity index (χ1n) is 3.38. The topological polar surface area (TPSA) is 69.9 Å². The normalized spacial score (nSPS) is 8.50. The van der Waals surface area contributed by atoms with Crippen molar-refractivity contribution in [3.05, 3.63) is 6.92 Å². The molecule has 0 aliphatic heterocycles. The van der Waals surface area contributed by atoms with Crippen LogP contribution >= 0.6 is 8.60 Å². The van der Waals surface area contributed by atoms with Crippen molar-refractivity contribution in [1.82, 2.24) is 0 Å². The van der Waals surface area contributed by atoms with E-state index in [4.69, 9.17) is 19.4 Å². The average molecular weight is 320 g/mol. The molecule has 4 nitrogen and oxygen atoms in total. The van der Waals surface area contributed by atoms with E-state index in [0.717, 1.165) is 13.0 Å². The van der Waals surface area contributed by atoms with Crippen LogP contribution in [0.2, 0.25) is 0 Å². The second-order valence-corrected chi connectivity index (χ2v) is 2.27. The summed E-state index contributed by atoms with van der Waals surface area (Å²) in [6.45, 7) is 7.17. The summed E-state index contributed by atoms with van der Waals surface area (Å²) < 4.78 is 4.96. The van der Waals surface area contributed by atoms with Gasteiger partial charge in [-0.3, -0.25) is 0 Å². The molecule has 0 saturated heterocycles. The number of rotatable bonds is 4. The molecule has 0 aromatic rings. The predicted molar refractivity (Wildman–Crippen MR) is 50.4 cm³/mol. The number of ether oxygens (including phenoxy) is 1. The van der Waals surface area contributed by atoms with Gasteiger partial charge in [0.05, 0.1) is 0 Å². The maximum Gasteiger partial charge on any atom is 2.00 e. The van der Waals surface area contributed by atoms with Gasteiger partial charge in [-0.05, 0) is 6.42 Å². The van der Waals surface area contributed by atoms with E-state index in [1.807, 2.05) is 0 Å². The Hall–Kier alpha value is 1.84. The summed E-state index contributed by atoms with van der Waals surface area (Å²) in [4.78, 5) is 21.7. The molecule has 0 rings (SSSR count). The van der Waals surface area contributed by atoms with Gasteiger partial charge in [0.2, 0.25) is 0 Å². The summed E-state index contributed by atoms with van der Waals surface area (Å²) in [7, 11) is -2.62. The smallest absolute Gasteiger partial charge is 0.413 e. The minimum atomic E-state index is -2.62. The molecule has 0 aliphatic carbocycles. The van der Waals surface area contributed by atoms with Crippen LogP contribution < -0.4 is 0 Å². The predicted octanol–water partition coefficient (Wildman–Crippen LogP) is 0.447. The fraction of sp³-hybridized carbons (Fsp3) is 0.833. The van der Waals surface area contributed by atoms with Gasteiger partial charge in [0.1, 0.15) is 0 Å². The SMILES string of the molecule is OP(O)O.[Ba+2].[CH2-]COCCCC. The van der Waals surface area contributed by atoms with Crippen LogP contribution in [-0.2, 0) is 4.74 Å². The first-order valence-corrected chi connectivity index (χ1v) is 4.58. The van der Waals surface area contributed by atoms with Crippen molar-refractivity contribution in [3.63, 3.8) is 0 Å². The van der Waals surface area contributed by atoms with E-state index >= 15 is 0 Å². The molecule has 70 valence electrons. The minimum absolute atomic E-state index is 0. The Balaban J connectivity index is -0.000000142. The third-order valence-corrected chi connectivity index (χ3v) is 0.787. The van der Waals surface area contributed by atoms with Crippen molar-refractivity contribution >= 4 is 57.5 Å². The van der Waals surface area contributed by atoms with Gasteiger partial charge in [-0.15, -0.1) is 0 Å². The van der Waals surface area contributed by atoms with E-state index in [2.05, 4.69) is 13.8 Å². The van der Waals surface area contributed by atoms with Crippen LogP contribution in [0.4, 0.5) is 0 Å². The molecule has 0 aromatic heterocycles. The molecule has 0 fully saturated rings. The Bertz CT molecular complexity index is 58.8. The van der Waals surface area contributed by atoms with Gasteiger partial charge in [0, 0.05) is 6.61 Å². The van der Waals surface area contributed by atoms with Crippen LogP contribution in [0.25, 0.3) is 0 Å². The first kappa shape index (κ1) is 19.4. The Morgan fingerprint density at radius 3 is 2.00 bits per heavy atom. The Morgan fingerprint density at radius 2 is 1.75 bits per heavy atom. The van der Waals surface area contributed by atoms with Gasteiger partial charge in [-0.1, -0.05) is 20.0 Å². The molecule has 0 amide bonds. The monoisotopic (exact) mass is 321 g/mol. The zero-order valence-corrected chi connectivity index (χ0v) is 12.8. The van der Waals surface area contributed by atoms with Crippen LogP contribution in [0.15, 0.2) is 0 Å². The molecule has 0 aliphatic rings. The molecular formula is C6H16BaO4P+. The number of hydrogen-bond donors (Lipinski definition) is 3. The summed E-state index contributed by atoms with van der Waals surface area (Å²) in [5.74, 6) is 0. The Labute approximate surface area is 115 Å². The van der Waals surface area contributed by atoms with E-state index < -0.39 is 8.60 Å². The summed E-state index contributed by atoms with van der Waals surface area (Å²) in [6, 6.07) is 0. The maximum atomic E-state index is 7.23. The molecule has 12 heavy (non-hydrogen) atoms. The quantitative estimate of drug-likeness (QED) is 0.304. The largest absolute Gasteiger partial charge is 2.00 e. The fourth-order valence-corrected chi connectivity index (χ4v) is 0.348. The molecule has 0 atom stereocenters. The van der Waals surface area contributed by atoms with Crippen molar-refractivity contribution in [2.24, 2.45) is 0 Å². The third kappa shape index (κ3) is 40.8. The first-order chi connectivity index (χ1) is 5.15. The van der Waals surface area contributed by atoms with Crippen molar-refractivity contribution in [2.75, 3.05) is 13.2 Å². The molecule has 0 aromatic carbocycles. The molecule has 0 bridgehead atoms. The number of hydrogen-bond acceptors (Lipinski definition) is 4. The van der Waals surface area contributed by atoms with E-state index in [-0.39, 0.29) is 48.9 Å². The van der Waals surface area contributed by atoms with Crippen LogP contribution in [0, 0.1) is 6.92 Å². The standard InChI is InChI=1S/C6H13O.Ba.H3O3P/c1-3-5-6-7-4-2;;1-4(2)3/h2-6H2,1H3;;1-3H/q-1;+2;. The van der Waals surface area contributed by atoms with Gasteiger partial charge in [-0.25, -0.2) is 0 Å². The summed E-state index contributed by atoms with van der Waals surface area (Å²) >= 11 is 0. The van der Waals surface area contributed by atoms with Crippen LogP contribution in [-0.4, -0.2) is 76.8 Å². The third-order valence-electron chi connectivity index (χ3n) is 0.787. The van der Waals surface area contributed by atoms with E-state index in [1.165, 1.54) is 6.42 Å². The van der Waals surface area contributed by atoms with Crippen molar-refractivity contribution in [1.29, 1.82) is 0 Å². The van der Waals surface area contributed by atoms with Gasteiger partial charge >= 0.3 is 57.5 Å². The Kier molecular flexibility index (Phi) is 30.1. The maximum absolute atomic E-state index is 7.23. The van der Waals surface area contributed by atoms with E-state index in [9.17, 15) is 0 Å². The fourth-order valence-electron chi connectivity index (χ4n) is 0.348. The van der Waals surface area contributed by atoms with Crippen molar-refractivity contribution in [3.8, 4) is 0 Å². The Morgan fingerprint density at radius 1 is 1.33 bits per heavy atom. The molecule has 0 unspecified atom stereocenters. The van der Waals surface area contributed by atoms with E-state index in [1.54, 1.807) is 0 Å². The van der Waals surface area contributed by atoms with Crippen LogP contribution in [0.3, 0.4) is 0 Å². The second-order valence-electron chi connectivity index (χ2n) is 1.73. The number of unbranched alkanes of at least 4 members (excludes halogenated alkanes) is 1. The zero-order chi connectivity index (χ0) is 9.11. The van der Waals surface area contributed by atoms with Gasteiger partial charge in [-0.2, -0.15) is 0 Å². The molecule has 6 heteroatoms. The summed E-state index contributed by atoms with van der Waals surface area (Å²) in [6.07, 6.45) is 2.37. The molecule has 0 saturated carbocycles. The molecule has 0 heterocycles. The van der Waals surface area contributed by atoms with Crippen LogP contribution in [0.1, 0.15) is 19.8 Å². The molecule has 3 N–H and O–H groups in total. The van der Waals surface area contributed by atoms with Gasteiger partial charge in [0.25, 0.3) is 0 Å². The summed E-state index contributed by atoms with van der Waals surface area (Å²) in [5, 5.41) is 0. The zero-order valence-electron chi connectivity index (χ0n) is 7.44. The molecule has 0 spiro atoms. The van der Waals surface area contributed by atoms with Gasteiger partial charge in [0.15, 0.2) is 0 Å². The van der Waals surface area contributed by atoms with Crippen molar-refractivity contribution in [2.45, 2.75) is 19.8 Å². The van der Waals surface area contributed by atoms with E-state index in [0.29, 0.717) is 6.61 Å². The van der Waals surface area contributed by atoms with Crippen LogP contribution in [0.5, 0.6) is 0 Å². The van der Waals surface area contributed by atoms with Gasteiger partial charge < -0.3 is 26.3 Å². The summed E-state index contributed by atoms with van der Waals surface area (Å²) in [5.41, 5.74) is 0. The second kappa shape index (κ2) is 18.6. The van der Waals surface area contributed by atoms with Crippen molar-refractivity contribution < 1.29 is 19.4 Å². The minimum Gasteiger partial charge on any atom is -0.413 e.